The number of hydrogen-bond donors (Lipinski definition) is 1. The third-order valence-electron chi connectivity index (χ3n) is 4.53. The largest absolute Gasteiger partial charge is 0.495 e. The van der Waals surface area contributed by atoms with E-state index in [0.717, 1.165) is 19.3 Å². The van der Waals surface area contributed by atoms with Crippen LogP contribution in [0.25, 0.3) is 0 Å². The maximum Gasteiger partial charge on any atom is 0.258 e. The summed E-state index contributed by atoms with van der Waals surface area (Å²) in [6, 6.07) is 8.36. The van der Waals surface area contributed by atoms with Crippen LogP contribution < -0.4 is 10.1 Å². The summed E-state index contributed by atoms with van der Waals surface area (Å²) in [6.07, 6.45) is 2.61. The number of piperidine rings is 1. The molecule has 0 aromatic heterocycles. The zero-order chi connectivity index (χ0) is 20.3. The van der Waals surface area contributed by atoms with E-state index < -0.39 is 21.7 Å². The predicted octanol–water partition coefficient (Wildman–Crippen LogP) is 4.02. The van der Waals surface area contributed by atoms with Gasteiger partial charge in [0.2, 0.25) is 10.0 Å². The molecule has 3 rings (SSSR count). The van der Waals surface area contributed by atoms with Crippen LogP contribution in [0.5, 0.6) is 5.75 Å². The highest BCUT2D eigenvalue weighted by Crippen LogP contribution is 2.31. The first-order chi connectivity index (χ1) is 13.3. The molecule has 1 heterocycles. The van der Waals surface area contributed by atoms with Crippen molar-refractivity contribution < 1.29 is 22.3 Å². The summed E-state index contributed by atoms with van der Waals surface area (Å²) in [4.78, 5) is 12.4. The van der Waals surface area contributed by atoms with E-state index in [-0.39, 0.29) is 21.9 Å². The van der Waals surface area contributed by atoms with Crippen molar-refractivity contribution >= 4 is 37.5 Å². The smallest absolute Gasteiger partial charge is 0.258 e. The van der Waals surface area contributed by atoms with Gasteiger partial charge in [-0.3, -0.25) is 4.79 Å². The fourth-order valence-electron chi connectivity index (χ4n) is 3.07. The Morgan fingerprint density at radius 3 is 2.54 bits per heavy atom. The number of carbonyl (C=O) groups excluding carboxylic acids is 1. The quantitative estimate of drug-likeness (QED) is 0.715. The molecule has 6 nitrogen and oxygen atoms in total. The summed E-state index contributed by atoms with van der Waals surface area (Å²) in [5.74, 6) is -1.15. The second-order valence-electron chi connectivity index (χ2n) is 6.41. The van der Waals surface area contributed by atoms with Gasteiger partial charge in [-0.25, -0.2) is 12.8 Å². The number of nitrogens with zero attached hydrogens (tertiary/aromatic N) is 1. The standard InChI is InChI=1S/C19H20BrFN2O4S/c1-27-17-8-6-14(22-19(24)15-11-13(20)5-7-16(15)21)12-18(17)28(25,26)23-9-3-2-4-10-23/h5-8,11-12H,2-4,9-10H2,1H3,(H,22,24). The lowest BCUT2D eigenvalue weighted by Crippen LogP contribution is -2.35. The van der Waals surface area contributed by atoms with Gasteiger partial charge in [-0.15, -0.1) is 0 Å². The molecule has 1 saturated heterocycles. The van der Waals surface area contributed by atoms with Gasteiger partial charge in [0.15, 0.2) is 0 Å². The zero-order valence-corrected chi connectivity index (χ0v) is 17.6. The molecular weight excluding hydrogens is 451 g/mol. The molecule has 0 unspecified atom stereocenters. The van der Waals surface area contributed by atoms with Crippen molar-refractivity contribution in [1.82, 2.24) is 4.31 Å². The van der Waals surface area contributed by atoms with Crippen LogP contribution in [0.2, 0.25) is 0 Å². The Morgan fingerprint density at radius 2 is 1.86 bits per heavy atom. The van der Waals surface area contributed by atoms with E-state index in [2.05, 4.69) is 21.2 Å². The second-order valence-corrected chi connectivity index (χ2v) is 9.23. The molecule has 1 fully saturated rings. The molecule has 0 bridgehead atoms. The molecule has 2 aromatic carbocycles. The first-order valence-corrected chi connectivity index (χ1v) is 11.0. The van der Waals surface area contributed by atoms with Crippen molar-refractivity contribution in [2.45, 2.75) is 24.2 Å². The van der Waals surface area contributed by atoms with E-state index in [1.54, 1.807) is 0 Å². The first-order valence-electron chi connectivity index (χ1n) is 8.77. The Labute approximate surface area is 171 Å². The molecule has 0 spiro atoms. The van der Waals surface area contributed by atoms with E-state index in [1.807, 2.05) is 0 Å². The molecule has 0 atom stereocenters. The van der Waals surface area contributed by atoms with Crippen LogP contribution in [-0.4, -0.2) is 38.8 Å². The summed E-state index contributed by atoms with van der Waals surface area (Å²) >= 11 is 3.20. The Balaban J connectivity index is 1.92. The Bertz CT molecular complexity index is 991. The Morgan fingerprint density at radius 1 is 1.14 bits per heavy atom. The fourth-order valence-corrected chi connectivity index (χ4v) is 5.13. The number of benzene rings is 2. The number of halogens is 2. The summed E-state index contributed by atoms with van der Waals surface area (Å²) < 4.78 is 47.2. The average Bonchev–Trinajstić information content (AvgIpc) is 2.70. The summed E-state index contributed by atoms with van der Waals surface area (Å²) in [5, 5.41) is 2.55. The van der Waals surface area contributed by atoms with Crippen molar-refractivity contribution in [3.05, 3.63) is 52.3 Å². The number of methoxy groups -OCH3 is 1. The number of rotatable bonds is 5. The van der Waals surface area contributed by atoms with Crippen LogP contribution >= 0.6 is 15.9 Å². The number of anilines is 1. The highest BCUT2D eigenvalue weighted by molar-refractivity contribution is 9.10. The highest BCUT2D eigenvalue weighted by atomic mass is 79.9. The van der Waals surface area contributed by atoms with Gasteiger partial charge in [0.25, 0.3) is 5.91 Å². The normalized spacial score (nSPS) is 15.2. The first kappa shape index (κ1) is 20.8. The summed E-state index contributed by atoms with van der Waals surface area (Å²) in [5.41, 5.74) is 0.0893. The molecule has 1 N–H and O–H groups in total. The van der Waals surface area contributed by atoms with Crippen molar-refractivity contribution in [2.75, 3.05) is 25.5 Å². The Kier molecular flexibility index (Phi) is 6.36. The summed E-state index contributed by atoms with van der Waals surface area (Å²) in [6.45, 7) is 0.899. The van der Waals surface area contributed by atoms with E-state index in [1.165, 1.54) is 47.8 Å². The number of carbonyl (C=O) groups is 1. The topological polar surface area (TPSA) is 75.7 Å². The van der Waals surface area contributed by atoms with Crippen LogP contribution in [0.1, 0.15) is 29.6 Å². The van der Waals surface area contributed by atoms with Gasteiger partial charge in [-0.2, -0.15) is 4.31 Å². The van der Waals surface area contributed by atoms with Gasteiger partial charge in [-0.1, -0.05) is 22.4 Å². The number of ether oxygens (including phenoxy) is 1. The van der Waals surface area contributed by atoms with Gasteiger partial charge in [0, 0.05) is 23.2 Å². The van der Waals surface area contributed by atoms with Crippen LogP contribution in [0.4, 0.5) is 10.1 Å². The van der Waals surface area contributed by atoms with Gasteiger partial charge in [0.1, 0.15) is 16.5 Å². The highest BCUT2D eigenvalue weighted by Gasteiger charge is 2.29. The minimum absolute atomic E-state index is 0.0237. The Hall–Kier alpha value is -1.97. The van der Waals surface area contributed by atoms with Crippen molar-refractivity contribution in [2.24, 2.45) is 0 Å². The van der Waals surface area contributed by atoms with Gasteiger partial charge in [0.05, 0.1) is 12.7 Å². The van der Waals surface area contributed by atoms with Crippen molar-refractivity contribution in [1.29, 1.82) is 0 Å². The monoisotopic (exact) mass is 470 g/mol. The lowest BCUT2D eigenvalue weighted by atomic mass is 10.2. The third-order valence-corrected chi connectivity index (χ3v) is 6.94. The van der Waals surface area contributed by atoms with Gasteiger partial charge >= 0.3 is 0 Å². The van der Waals surface area contributed by atoms with Crippen LogP contribution in [0.3, 0.4) is 0 Å². The lowest BCUT2D eigenvalue weighted by molar-refractivity contribution is 0.102. The summed E-state index contributed by atoms with van der Waals surface area (Å²) in [7, 11) is -2.38. The minimum atomic E-state index is -3.77. The van der Waals surface area contributed by atoms with E-state index in [9.17, 15) is 17.6 Å². The molecule has 9 heteroatoms. The molecule has 0 aliphatic carbocycles. The second kappa shape index (κ2) is 8.59. The van der Waals surface area contributed by atoms with E-state index in [4.69, 9.17) is 4.74 Å². The van der Waals surface area contributed by atoms with Crippen LogP contribution in [0, 0.1) is 5.82 Å². The van der Waals surface area contributed by atoms with E-state index in [0.29, 0.717) is 17.6 Å². The predicted molar refractivity (Wildman–Crippen MR) is 108 cm³/mol. The molecule has 1 aliphatic heterocycles. The average molecular weight is 471 g/mol. The van der Waals surface area contributed by atoms with E-state index >= 15 is 0 Å². The van der Waals surface area contributed by atoms with Crippen molar-refractivity contribution in [3.8, 4) is 5.75 Å². The SMILES string of the molecule is COc1ccc(NC(=O)c2cc(Br)ccc2F)cc1S(=O)(=O)N1CCCCC1. The number of hydrogen-bond acceptors (Lipinski definition) is 4. The zero-order valence-electron chi connectivity index (χ0n) is 15.2. The van der Waals surface area contributed by atoms with Crippen molar-refractivity contribution in [3.63, 3.8) is 0 Å². The maximum absolute atomic E-state index is 13.9. The van der Waals surface area contributed by atoms with Gasteiger partial charge < -0.3 is 10.1 Å². The lowest BCUT2D eigenvalue weighted by Gasteiger charge is -2.26. The maximum atomic E-state index is 13.9. The molecule has 0 saturated carbocycles. The molecule has 0 radical (unpaired) electrons. The number of amides is 1. The molecule has 150 valence electrons. The molecule has 1 aliphatic rings. The molecular formula is C19H20BrFN2O4S. The molecule has 28 heavy (non-hydrogen) atoms. The number of sulfonamides is 1. The van der Waals surface area contributed by atoms with Crippen LogP contribution in [-0.2, 0) is 10.0 Å². The van der Waals surface area contributed by atoms with Gasteiger partial charge in [-0.05, 0) is 49.2 Å². The number of nitrogens with one attached hydrogen (secondary N) is 1. The molecule has 1 amide bonds. The minimum Gasteiger partial charge on any atom is -0.495 e. The molecule has 2 aromatic rings. The third kappa shape index (κ3) is 4.37. The fraction of sp³-hybridized carbons (Fsp3) is 0.316. The van der Waals surface area contributed by atoms with Crippen LogP contribution in [0.15, 0.2) is 45.8 Å².